The third-order valence-corrected chi connectivity index (χ3v) is 5.19. The van der Waals surface area contributed by atoms with Crippen LogP contribution in [0.25, 0.3) is 0 Å². The fourth-order valence-corrected chi connectivity index (χ4v) is 4.04. The van der Waals surface area contributed by atoms with Gasteiger partial charge in [0.15, 0.2) is 5.11 Å². The smallest absolute Gasteiger partial charge is 0.166 e. The molecule has 4 heteroatoms. The van der Waals surface area contributed by atoms with Gasteiger partial charge in [0.1, 0.15) is 0 Å². The van der Waals surface area contributed by atoms with Gasteiger partial charge in [-0.2, -0.15) is 0 Å². The summed E-state index contributed by atoms with van der Waals surface area (Å²) >= 11 is 7.38. The topological polar surface area (TPSA) is 24.1 Å². The summed E-state index contributed by atoms with van der Waals surface area (Å²) in [7, 11) is 0. The summed E-state index contributed by atoms with van der Waals surface area (Å²) in [6, 6.07) is 19.4. The van der Waals surface area contributed by atoms with E-state index in [2.05, 4.69) is 59.2 Å². The van der Waals surface area contributed by atoms with E-state index in [0.717, 1.165) is 30.3 Å². The van der Waals surface area contributed by atoms with Crippen LogP contribution in [0.3, 0.4) is 0 Å². The Kier molecular flexibility index (Phi) is 5.35. The summed E-state index contributed by atoms with van der Waals surface area (Å²) in [5.41, 5.74) is 2.70. The van der Waals surface area contributed by atoms with Crippen LogP contribution in [0, 0.1) is 0 Å². The highest BCUT2D eigenvalue weighted by Gasteiger charge is 2.20. The minimum Gasteiger partial charge on any atom is -0.362 e. The quantitative estimate of drug-likeness (QED) is 0.831. The third kappa shape index (κ3) is 4.02. The van der Waals surface area contributed by atoms with E-state index in [-0.39, 0.29) is 0 Å². The second-order valence-corrected chi connectivity index (χ2v) is 6.91. The number of thiocarbonyl (C=S) groups is 1. The van der Waals surface area contributed by atoms with Gasteiger partial charge >= 0.3 is 0 Å². The van der Waals surface area contributed by atoms with Crippen molar-refractivity contribution in [3.8, 4) is 0 Å². The van der Waals surface area contributed by atoms with Crippen molar-refractivity contribution in [2.45, 2.75) is 23.8 Å². The summed E-state index contributed by atoms with van der Waals surface area (Å²) < 4.78 is 0. The van der Waals surface area contributed by atoms with Crippen LogP contribution in [0.2, 0.25) is 0 Å². The van der Waals surface area contributed by atoms with Crippen molar-refractivity contribution in [1.82, 2.24) is 10.6 Å². The highest BCUT2D eigenvalue weighted by Crippen LogP contribution is 2.35. The average molecular weight is 329 g/mol. The van der Waals surface area contributed by atoms with E-state index < -0.39 is 0 Å². The maximum absolute atomic E-state index is 5.45. The second kappa shape index (κ2) is 7.65. The molecule has 2 aromatic rings. The normalized spacial score (nSPS) is 16.6. The lowest BCUT2D eigenvalue weighted by atomic mass is 10.0. The largest absolute Gasteiger partial charge is 0.362 e. The van der Waals surface area contributed by atoms with Crippen LogP contribution in [-0.4, -0.2) is 17.4 Å². The van der Waals surface area contributed by atoms with Crippen LogP contribution >= 0.6 is 24.0 Å². The van der Waals surface area contributed by atoms with Gasteiger partial charge in [-0.1, -0.05) is 48.5 Å². The highest BCUT2D eigenvalue weighted by atomic mass is 32.2. The van der Waals surface area contributed by atoms with Crippen LogP contribution in [0.1, 0.15) is 23.6 Å². The Hall–Kier alpha value is -1.52. The number of benzene rings is 2. The molecule has 1 unspecified atom stereocenters. The molecule has 0 radical (unpaired) electrons. The number of thioether (sulfide) groups is 1. The van der Waals surface area contributed by atoms with E-state index in [1.54, 1.807) is 0 Å². The molecular weight excluding hydrogens is 308 g/mol. The molecule has 2 nitrogen and oxygen atoms in total. The van der Waals surface area contributed by atoms with Gasteiger partial charge in [0.2, 0.25) is 0 Å². The van der Waals surface area contributed by atoms with Crippen molar-refractivity contribution in [2.24, 2.45) is 0 Å². The summed E-state index contributed by atoms with van der Waals surface area (Å²) in [4.78, 5) is 1.37. The van der Waals surface area contributed by atoms with E-state index in [1.807, 2.05) is 17.8 Å². The van der Waals surface area contributed by atoms with E-state index in [1.165, 1.54) is 16.0 Å². The number of nitrogens with one attached hydrogen (secondary N) is 2. The summed E-state index contributed by atoms with van der Waals surface area (Å²) in [6.07, 6.45) is 2.10. The van der Waals surface area contributed by atoms with Crippen LogP contribution in [0.15, 0.2) is 59.5 Å². The van der Waals surface area contributed by atoms with E-state index in [0.29, 0.717) is 6.04 Å². The zero-order chi connectivity index (χ0) is 15.2. The van der Waals surface area contributed by atoms with Crippen molar-refractivity contribution in [1.29, 1.82) is 0 Å². The molecule has 3 rings (SSSR count). The standard InChI is InChI=1S/C18H20N2S2/c21-18(19-12-10-14-6-2-1-3-7-14)20-16-11-13-22-17-9-5-4-8-15(16)17/h1-9,16H,10-13H2,(H2,19,20,21). The molecule has 0 fully saturated rings. The van der Waals surface area contributed by atoms with Gasteiger partial charge in [0.25, 0.3) is 0 Å². The number of fused-ring (bicyclic) bond motifs is 1. The minimum atomic E-state index is 0.328. The average Bonchev–Trinajstić information content (AvgIpc) is 2.56. The van der Waals surface area contributed by atoms with Gasteiger partial charge < -0.3 is 10.6 Å². The Morgan fingerprint density at radius 3 is 2.73 bits per heavy atom. The maximum Gasteiger partial charge on any atom is 0.166 e. The predicted octanol–water partition coefficient (Wildman–Crippen LogP) is 3.93. The van der Waals surface area contributed by atoms with Crippen molar-refractivity contribution in [2.75, 3.05) is 12.3 Å². The Morgan fingerprint density at radius 2 is 1.86 bits per heavy atom. The van der Waals surface area contributed by atoms with Gasteiger partial charge in [-0.15, -0.1) is 11.8 Å². The molecular formula is C18H20N2S2. The number of hydrogen-bond donors (Lipinski definition) is 2. The SMILES string of the molecule is S=C(NCCc1ccccc1)NC1CCSc2ccccc21. The fraction of sp³-hybridized carbons (Fsp3) is 0.278. The van der Waals surface area contributed by atoms with Crippen molar-refractivity contribution >= 4 is 29.1 Å². The molecule has 22 heavy (non-hydrogen) atoms. The first-order chi connectivity index (χ1) is 10.8. The van der Waals surface area contributed by atoms with Crippen molar-refractivity contribution in [3.63, 3.8) is 0 Å². The molecule has 0 saturated carbocycles. The lowest BCUT2D eigenvalue weighted by Crippen LogP contribution is -2.39. The van der Waals surface area contributed by atoms with Crippen molar-refractivity contribution in [3.05, 3.63) is 65.7 Å². The van der Waals surface area contributed by atoms with Gasteiger partial charge in [-0.3, -0.25) is 0 Å². The number of hydrogen-bond acceptors (Lipinski definition) is 2. The fourth-order valence-electron chi connectivity index (χ4n) is 2.67. The van der Waals surface area contributed by atoms with Crippen LogP contribution < -0.4 is 10.6 Å². The van der Waals surface area contributed by atoms with Crippen LogP contribution in [-0.2, 0) is 6.42 Å². The molecule has 1 aliphatic heterocycles. The maximum atomic E-state index is 5.45. The van der Waals surface area contributed by atoms with Gasteiger partial charge in [-0.25, -0.2) is 0 Å². The lowest BCUT2D eigenvalue weighted by molar-refractivity contribution is 0.603. The highest BCUT2D eigenvalue weighted by molar-refractivity contribution is 7.99. The molecule has 114 valence electrons. The molecule has 1 atom stereocenters. The third-order valence-electron chi connectivity index (χ3n) is 3.81. The first-order valence-corrected chi connectivity index (χ1v) is 9.02. The molecule has 1 heterocycles. The zero-order valence-electron chi connectivity index (χ0n) is 12.4. The first-order valence-electron chi connectivity index (χ1n) is 7.63. The Morgan fingerprint density at radius 1 is 1.09 bits per heavy atom. The van der Waals surface area contributed by atoms with Crippen LogP contribution in [0.4, 0.5) is 0 Å². The predicted molar refractivity (Wildman–Crippen MR) is 98.4 cm³/mol. The molecule has 2 N–H and O–H groups in total. The van der Waals surface area contributed by atoms with Gasteiger partial charge in [0.05, 0.1) is 6.04 Å². The number of rotatable bonds is 4. The second-order valence-electron chi connectivity index (χ2n) is 5.36. The van der Waals surface area contributed by atoms with Gasteiger partial charge in [-0.05, 0) is 42.3 Å². The van der Waals surface area contributed by atoms with E-state index >= 15 is 0 Å². The lowest BCUT2D eigenvalue weighted by Gasteiger charge is -2.27. The zero-order valence-corrected chi connectivity index (χ0v) is 14.1. The Bertz CT molecular complexity index is 628. The Labute approximate surface area is 141 Å². The summed E-state index contributed by atoms with van der Waals surface area (Å²) in [5.74, 6) is 1.14. The summed E-state index contributed by atoms with van der Waals surface area (Å²) in [5, 5.41) is 7.54. The first kappa shape index (κ1) is 15.4. The van der Waals surface area contributed by atoms with Crippen molar-refractivity contribution < 1.29 is 0 Å². The van der Waals surface area contributed by atoms with E-state index in [4.69, 9.17) is 12.2 Å². The minimum absolute atomic E-state index is 0.328. The molecule has 0 bridgehead atoms. The Balaban J connectivity index is 1.50. The van der Waals surface area contributed by atoms with Gasteiger partial charge in [0, 0.05) is 17.2 Å². The molecule has 0 saturated heterocycles. The molecule has 0 aromatic heterocycles. The monoisotopic (exact) mass is 328 g/mol. The molecule has 0 aliphatic carbocycles. The molecule has 2 aromatic carbocycles. The molecule has 0 spiro atoms. The van der Waals surface area contributed by atoms with Crippen LogP contribution in [0.5, 0.6) is 0 Å². The summed E-state index contributed by atoms with van der Waals surface area (Å²) in [6.45, 7) is 0.860. The molecule has 1 aliphatic rings. The van der Waals surface area contributed by atoms with E-state index in [9.17, 15) is 0 Å². The molecule has 0 amide bonds.